The number of aliphatic hydroxyl groups is 2. The van der Waals surface area contributed by atoms with Crippen LogP contribution >= 0.6 is 0 Å². The summed E-state index contributed by atoms with van der Waals surface area (Å²) in [4.78, 5) is 11.2. The number of esters is 1. The summed E-state index contributed by atoms with van der Waals surface area (Å²) in [5.41, 5.74) is 1.43. The third-order valence-electron chi connectivity index (χ3n) is 2.82. The zero-order valence-corrected chi connectivity index (χ0v) is 11.4. The third-order valence-corrected chi connectivity index (χ3v) is 2.82. The molecule has 0 saturated heterocycles. The number of benzene rings is 1. The van der Waals surface area contributed by atoms with Crippen LogP contribution in [0.25, 0.3) is 0 Å². The van der Waals surface area contributed by atoms with E-state index < -0.39 is 18.2 Å². The Hall–Kier alpha value is -1.59. The first kappa shape index (κ1) is 15.5. The fraction of sp³-hybridized carbons (Fsp3) is 0.500. The van der Waals surface area contributed by atoms with Crippen LogP contribution in [0.4, 0.5) is 0 Å². The van der Waals surface area contributed by atoms with E-state index in [9.17, 15) is 15.0 Å². The predicted molar refractivity (Wildman–Crippen MR) is 69.9 cm³/mol. The van der Waals surface area contributed by atoms with Crippen molar-refractivity contribution in [2.45, 2.75) is 32.5 Å². The number of aliphatic hydroxyl groups excluding tert-OH is 2. The number of carbonyl (C=O) groups excluding carboxylic acids is 1. The summed E-state index contributed by atoms with van der Waals surface area (Å²) in [6, 6.07) is 5.12. The van der Waals surface area contributed by atoms with E-state index in [0.29, 0.717) is 11.3 Å². The molecule has 2 unspecified atom stereocenters. The molecule has 2 N–H and O–H groups in total. The Morgan fingerprint density at radius 1 is 1.37 bits per heavy atom. The first-order valence-electron chi connectivity index (χ1n) is 6.15. The molecule has 0 aromatic heterocycles. The second-order valence-corrected chi connectivity index (χ2v) is 4.25. The Labute approximate surface area is 112 Å². The maximum absolute atomic E-state index is 11.2. The maximum atomic E-state index is 11.2. The van der Waals surface area contributed by atoms with E-state index in [-0.39, 0.29) is 13.0 Å². The molecule has 0 radical (unpaired) electrons. The van der Waals surface area contributed by atoms with Crippen molar-refractivity contribution in [3.8, 4) is 5.75 Å². The summed E-state index contributed by atoms with van der Waals surface area (Å²) < 4.78 is 9.88. The molecule has 106 valence electrons. The van der Waals surface area contributed by atoms with Crippen molar-refractivity contribution < 1.29 is 24.5 Å². The van der Waals surface area contributed by atoms with Gasteiger partial charge >= 0.3 is 5.97 Å². The minimum Gasteiger partial charge on any atom is -0.496 e. The van der Waals surface area contributed by atoms with Crippen molar-refractivity contribution in [1.29, 1.82) is 0 Å². The van der Waals surface area contributed by atoms with Crippen molar-refractivity contribution in [2.24, 2.45) is 0 Å². The summed E-state index contributed by atoms with van der Waals surface area (Å²) in [7, 11) is 1.54. The first-order chi connectivity index (χ1) is 8.99. The van der Waals surface area contributed by atoms with E-state index in [0.717, 1.165) is 5.56 Å². The van der Waals surface area contributed by atoms with Crippen molar-refractivity contribution >= 4 is 5.97 Å². The predicted octanol–water partition coefficient (Wildman–Crippen LogP) is 1.35. The van der Waals surface area contributed by atoms with Crippen molar-refractivity contribution in [3.05, 3.63) is 29.3 Å². The molecule has 0 aliphatic rings. The molecule has 2 atom stereocenters. The van der Waals surface area contributed by atoms with Crippen molar-refractivity contribution in [2.75, 3.05) is 13.7 Å². The van der Waals surface area contributed by atoms with Gasteiger partial charge in [-0.1, -0.05) is 12.1 Å². The molecule has 19 heavy (non-hydrogen) atoms. The Bertz CT molecular complexity index is 430. The van der Waals surface area contributed by atoms with Crippen LogP contribution in [0.3, 0.4) is 0 Å². The van der Waals surface area contributed by atoms with Crippen molar-refractivity contribution in [1.82, 2.24) is 0 Å². The molecule has 1 aromatic rings. The van der Waals surface area contributed by atoms with E-state index in [2.05, 4.69) is 0 Å². The standard InChI is InChI=1S/C14H20O5/c1-4-19-13(16)8-11(15)14(17)10-6-5-9(2)12(7-10)18-3/h5-7,11,14-15,17H,4,8H2,1-3H3. The quantitative estimate of drug-likeness (QED) is 0.762. The number of aryl methyl sites for hydroxylation is 1. The van der Waals surface area contributed by atoms with Gasteiger partial charge in [-0.25, -0.2) is 0 Å². The number of ether oxygens (including phenoxy) is 2. The van der Waals surface area contributed by atoms with Gasteiger partial charge in [-0.05, 0) is 31.0 Å². The molecule has 1 rings (SSSR count). The lowest BCUT2D eigenvalue weighted by molar-refractivity contribution is -0.147. The monoisotopic (exact) mass is 268 g/mol. The van der Waals surface area contributed by atoms with Crippen LogP contribution in [0.2, 0.25) is 0 Å². The van der Waals surface area contributed by atoms with Crippen LogP contribution in [0.15, 0.2) is 18.2 Å². The molecular formula is C14H20O5. The van der Waals surface area contributed by atoms with Crippen molar-refractivity contribution in [3.63, 3.8) is 0 Å². The zero-order chi connectivity index (χ0) is 14.4. The van der Waals surface area contributed by atoms with Gasteiger partial charge in [-0.3, -0.25) is 4.79 Å². The molecule has 0 aliphatic heterocycles. The van der Waals surface area contributed by atoms with Gasteiger partial charge in [0.05, 0.1) is 26.2 Å². The van der Waals surface area contributed by atoms with E-state index in [4.69, 9.17) is 9.47 Å². The SMILES string of the molecule is CCOC(=O)CC(O)C(O)c1ccc(C)c(OC)c1. The highest BCUT2D eigenvalue weighted by Gasteiger charge is 2.22. The topological polar surface area (TPSA) is 76.0 Å². The Morgan fingerprint density at radius 3 is 2.63 bits per heavy atom. The largest absolute Gasteiger partial charge is 0.496 e. The summed E-state index contributed by atoms with van der Waals surface area (Å²) in [6.45, 7) is 3.82. The molecule has 0 aliphatic carbocycles. The molecular weight excluding hydrogens is 248 g/mol. The second-order valence-electron chi connectivity index (χ2n) is 4.25. The van der Waals surface area contributed by atoms with Gasteiger partial charge in [0.1, 0.15) is 11.9 Å². The number of hydrogen-bond donors (Lipinski definition) is 2. The Kier molecular flexibility index (Phi) is 5.79. The zero-order valence-electron chi connectivity index (χ0n) is 11.4. The van der Waals surface area contributed by atoms with Gasteiger partial charge in [-0.2, -0.15) is 0 Å². The smallest absolute Gasteiger partial charge is 0.308 e. The van der Waals surface area contributed by atoms with Gasteiger partial charge in [-0.15, -0.1) is 0 Å². The summed E-state index contributed by atoms with van der Waals surface area (Å²) in [5, 5.41) is 19.8. The van der Waals surface area contributed by atoms with Gasteiger partial charge in [0.25, 0.3) is 0 Å². The second kappa shape index (κ2) is 7.11. The molecule has 0 saturated carbocycles. The van der Waals surface area contributed by atoms with Gasteiger partial charge < -0.3 is 19.7 Å². The van der Waals surface area contributed by atoms with Gasteiger partial charge in [0.2, 0.25) is 0 Å². The minimum atomic E-state index is -1.20. The number of methoxy groups -OCH3 is 1. The van der Waals surface area contributed by atoms with Crippen LogP contribution in [0.5, 0.6) is 5.75 Å². The molecule has 0 spiro atoms. The number of hydrogen-bond acceptors (Lipinski definition) is 5. The molecule has 0 amide bonds. The Morgan fingerprint density at radius 2 is 2.05 bits per heavy atom. The average molecular weight is 268 g/mol. The lowest BCUT2D eigenvalue weighted by atomic mass is 10.0. The highest BCUT2D eigenvalue weighted by Crippen LogP contribution is 2.26. The van der Waals surface area contributed by atoms with E-state index in [1.54, 1.807) is 25.1 Å². The molecule has 0 bridgehead atoms. The first-order valence-corrected chi connectivity index (χ1v) is 6.15. The molecule has 5 heteroatoms. The summed E-state index contributed by atoms with van der Waals surface area (Å²) >= 11 is 0. The van der Waals surface area contributed by atoms with Crippen LogP contribution in [-0.4, -0.2) is 36.0 Å². The number of rotatable bonds is 6. The highest BCUT2D eigenvalue weighted by atomic mass is 16.5. The summed E-state index contributed by atoms with van der Waals surface area (Å²) in [5.74, 6) is 0.0908. The lowest BCUT2D eigenvalue weighted by Crippen LogP contribution is -2.23. The summed E-state index contributed by atoms with van der Waals surface area (Å²) in [6.07, 6.45) is -2.60. The molecule has 1 aromatic carbocycles. The fourth-order valence-corrected chi connectivity index (χ4v) is 1.75. The normalized spacial score (nSPS) is 13.7. The Balaban J connectivity index is 2.76. The van der Waals surface area contributed by atoms with Crippen LogP contribution in [-0.2, 0) is 9.53 Å². The van der Waals surface area contributed by atoms with Crippen LogP contribution in [0, 0.1) is 6.92 Å². The average Bonchev–Trinajstić information content (AvgIpc) is 2.38. The fourth-order valence-electron chi connectivity index (χ4n) is 1.75. The van der Waals surface area contributed by atoms with Gasteiger partial charge in [0.15, 0.2) is 0 Å². The lowest BCUT2D eigenvalue weighted by Gasteiger charge is -2.18. The molecule has 0 fully saturated rings. The minimum absolute atomic E-state index is 0.245. The van der Waals surface area contributed by atoms with Crippen LogP contribution < -0.4 is 4.74 Å². The molecule has 0 heterocycles. The van der Waals surface area contributed by atoms with Gasteiger partial charge in [0, 0.05) is 0 Å². The highest BCUT2D eigenvalue weighted by molar-refractivity contribution is 5.70. The van der Waals surface area contributed by atoms with E-state index in [1.807, 2.05) is 6.92 Å². The maximum Gasteiger partial charge on any atom is 0.308 e. The van der Waals surface area contributed by atoms with Crippen LogP contribution in [0.1, 0.15) is 30.6 Å². The van der Waals surface area contributed by atoms with E-state index in [1.165, 1.54) is 7.11 Å². The third kappa shape index (κ3) is 4.22. The molecule has 5 nitrogen and oxygen atoms in total. The van der Waals surface area contributed by atoms with E-state index >= 15 is 0 Å². The number of carbonyl (C=O) groups is 1.